The molecule has 5 nitrogen and oxygen atoms in total. The standard InChI is InChI=1S/C17H19N5/c18-11-16-17(20-9-8-19-16)22-10-4-7-15(13-22)21-12-14-5-2-1-3-6-14/h1-3,5-6,8-9,15,21H,4,7,10,12-13H2. The molecule has 0 spiro atoms. The molecule has 1 N–H and O–H groups in total. The first-order valence-corrected chi connectivity index (χ1v) is 7.60. The fourth-order valence-corrected chi connectivity index (χ4v) is 2.84. The van der Waals surface area contributed by atoms with Crippen molar-refractivity contribution in [1.82, 2.24) is 15.3 Å². The van der Waals surface area contributed by atoms with Gasteiger partial charge in [-0.2, -0.15) is 5.26 Å². The van der Waals surface area contributed by atoms with Gasteiger partial charge in [0.25, 0.3) is 0 Å². The second-order valence-electron chi connectivity index (χ2n) is 5.49. The smallest absolute Gasteiger partial charge is 0.183 e. The van der Waals surface area contributed by atoms with Gasteiger partial charge in [0.2, 0.25) is 0 Å². The van der Waals surface area contributed by atoms with Crippen molar-refractivity contribution in [3.8, 4) is 6.07 Å². The molecule has 1 atom stereocenters. The van der Waals surface area contributed by atoms with Gasteiger partial charge in [-0.25, -0.2) is 9.97 Å². The van der Waals surface area contributed by atoms with Gasteiger partial charge in [-0.15, -0.1) is 0 Å². The summed E-state index contributed by atoms with van der Waals surface area (Å²) in [6.07, 6.45) is 5.45. The third-order valence-electron chi connectivity index (χ3n) is 3.94. The number of benzene rings is 1. The van der Waals surface area contributed by atoms with Gasteiger partial charge >= 0.3 is 0 Å². The van der Waals surface area contributed by atoms with Crippen molar-refractivity contribution in [2.45, 2.75) is 25.4 Å². The van der Waals surface area contributed by atoms with Crippen LogP contribution in [0.5, 0.6) is 0 Å². The Morgan fingerprint density at radius 3 is 2.86 bits per heavy atom. The molecule has 112 valence electrons. The van der Waals surface area contributed by atoms with E-state index in [0.717, 1.165) is 32.5 Å². The molecule has 1 aliphatic heterocycles. The van der Waals surface area contributed by atoms with Gasteiger partial charge in [0, 0.05) is 38.1 Å². The lowest BCUT2D eigenvalue weighted by atomic mass is 10.0. The molecule has 1 aliphatic rings. The maximum Gasteiger partial charge on any atom is 0.183 e. The lowest BCUT2D eigenvalue weighted by Gasteiger charge is -2.34. The Balaban J connectivity index is 1.63. The van der Waals surface area contributed by atoms with E-state index in [4.69, 9.17) is 0 Å². The van der Waals surface area contributed by atoms with Crippen LogP contribution in [0.15, 0.2) is 42.7 Å². The summed E-state index contributed by atoms with van der Waals surface area (Å²) in [5.41, 5.74) is 1.70. The van der Waals surface area contributed by atoms with Gasteiger partial charge in [0.15, 0.2) is 11.5 Å². The number of piperidine rings is 1. The lowest BCUT2D eigenvalue weighted by molar-refractivity contribution is 0.419. The summed E-state index contributed by atoms with van der Waals surface area (Å²) in [6, 6.07) is 12.9. The fourth-order valence-electron chi connectivity index (χ4n) is 2.84. The highest BCUT2D eigenvalue weighted by Crippen LogP contribution is 2.20. The molecule has 1 aromatic carbocycles. The molecular weight excluding hydrogens is 274 g/mol. The van der Waals surface area contributed by atoms with Crippen molar-refractivity contribution in [3.05, 3.63) is 54.0 Å². The third kappa shape index (κ3) is 3.41. The molecule has 0 saturated carbocycles. The zero-order chi connectivity index (χ0) is 15.2. The second-order valence-corrected chi connectivity index (χ2v) is 5.49. The molecule has 22 heavy (non-hydrogen) atoms. The fraction of sp³-hybridized carbons (Fsp3) is 0.353. The highest BCUT2D eigenvalue weighted by atomic mass is 15.2. The zero-order valence-corrected chi connectivity index (χ0v) is 12.4. The molecule has 0 bridgehead atoms. The quantitative estimate of drug-likeness (QED) is 0.935. The Morgan fingerprint density at radius 1 is 1.23 bits per heavy atom. The van der Waals surface area contributed by atoms with Gasteiger partial charge in [0.05, 0.1) is 0 Å². The Labute approximate surface area is 130 Å². The minimum Gasteiger partial charge on any atom is -0.353 e. The van der Waals surface area contributed by atoms with Crippen LogP contribution in [0.25, 0.3) is 0 Å². The topological polar surface area (TPSA) is 64.8 Å². The SMILES string of the molecule is N#Cc1nccnc1N1CCCC(NCc2ccccc2)C1. The zero-order valence-electron chi connectivity index (χ0n) is 12.4. The Morgan fingerprint density at radius 2 is 2.05 bits per heavy atom. The second kappa shape index (κ2) is 7.01. The number of hydrogen-bond acceptors (Lipinski definition) is 5. The number of nitrogens with zero attached hydrogens (tertiary/aromatic N) is 4. The molecular formula is C17H19N5. The van der Waals surface area contributed by atoms with Crippen molar-refractivity contribution in [1.29, 1.82) is 5.26 Å². The van der Waals surface area contributed by atoms with Crippen LogP contribution >= 0.6 is 0 Å². The number of aromatic nitrogens is 2. The maximum absolute atomic E-state index is 9.17. The van der Waals surface area contributed by atoms with Crippen molar-refractivity contribution in [3.63, 3.8) is 0 Å². The van der Waals surface area contributed by atoms with E-state index in [1.165, 1.54) is 5.56 Å². The van der Waals surface area contributed by atoms with Crippen molar-refractivity contribution >= 4 is 5.82 Å². The van der Waals surface area contributed by atoms with Crippen LogP contribution < -0.4 is 10.2 Å². The van der Waals surface area contributed by atoms with Crippen LogP contribution in [-0.4, -0.2) is 29.1 Å². The Kier molecular flexibility index (Phi) is 4.62. The van der Waals surface area contributed by atoms with Gasteiger partial charge < -0.3 is 10.2 Å². The normalized spacial score (nSPS) is 18.0. The molecule has 2 aromatic rings. The van der Waals surface area contributed by atoms with E-state index in [1.54, 1.807) is 12.4 Å². The van der Waals surface area contributed by atoms with Gasteiger partial charge in [-0.1, -0.05) is 30.3 Å². The molecule has 1 saturated heterocycles. The van der Waals surface area contributed by atoms with E-state index < -0.39 is 0 Å². The molecule has 0 radical (unpaired) electrons. The monoisotopic (exact) mass is 293 g/mol. The Hall–Kier alpha value is -2.45. The molecule has 0 amide bonds. The first kappa shape index (κ1) is 14.5. The average Bonchev–Trinajstić information content (AvgIpc) is 2.61. The van der Waals surface area contributed by atoms with Crippen molar-refractivity contribution < 1.29 is 0 Å². The van der Waals surface area contributed by atoms with Crippen LogP contribution in [0.3, 0.4) is 0 Å². The minimum atomic E-state index is 0.405. The van der Waals surface area contributed by atoms with Crippen LogP contribution in [0.2, 0.25) is 0 Å². The summed E-state index contributed by atoms with van der Waals surface area (Å²) >= 11 is 0. The first-order valence-electron chi connectivity index (χ1n) is 7.60. The number of hydrogen-bond donors (Lipinski definition) is 1. The lowest BCUT2D eigenvalue weighted by Crippen LogP contribution is -2.46. The predicted molar refractivity (Wildman–Crippen MR) is 85.3 cm³/mol. The Bertz CT molecular complexity index is 650. The van der Waals surface area contributed by atoms with Crippen molar-refractivity contribution in [2.24, 2.45) is 0 Å². The van der Waals surface area contributed by atoms with E-state index in [9.17, 15) is 5.26 Å². The molecule has 2 heterocycles. The molecule has 5 heteroatoms. The van der Waals surface area contributed by atoms with E-state index in [2.05, 4.69) is 50.5 Å². The average molecular weight is 293 g/mol. The predicted octanol–water partition coefficient (Wildman–Crippen LogP) is 2.11. The molecule has 1 unspecified atom stereocenters. The number of rotatable bonds is 4. The van der Waals surface area contributed by atoms with E-state index >= 15 is 0 Å². The van der Waals surface area contributed by atoms with Crippen LogP contribution in [0.4, 0.5) is 5.82 Å². The van der Waals surface area contributed by atoms with Crippen LogP contribution in [-0.2, 0) is 6.54 Å². The summed E-state index contributed by atoms with van der Waals surface area (Å²) in [5.74, 6) is 0.705. The third-order valence-corrected chi connectivity index (χ3v) is 3.94. The van der Waals surface area contributed by atoms with Gasteiger partial charge in [-0.05, 0) is 18.4 Å². The summed E-state index contributed by atoms with van der Waals surface area (Å²) in [4.78, 5) is 10.6. The largest absolute Gasteiger partial charge is 0.353 e. The molecule has 1 fully saturated rings. The summed E-state index contributed by atoms with van der Waals surface area (Å²) in [7, 11) is 0. The highest BCUT2D eigenvalue weighted by molar-refractivity contribution is 5.49. The molecule has 1 aromatic heterocycles. The van der Waals surface area contributed by atoms with Crippen LogP contribution in [0.1, 0.15) is 24.1 Å². The van der Waals surface area contributed by atoms with Gasteiger partial charge in [0.1, 0.15) is 6.07 Å². The van der Waals surface area contributed by atoms with E-state index in [1.807, 2.05) is 6.07 Å². The first-order chi connectivity index (χ1) is 10.9. The number of nitrogens with one attached hydrogen (secondary N) is 1. The van der Waals surface area contributed by atoms with Crippen molar-refractivity contribution in [2.75, 3.05) is 18.0 Å². The molecule has 3 rings (SSSR count). The van der Waals surface area contributed by atoms with E-state index in [0.29, 0.717) is 17.6 Å². The number of nitriles is 1. The van der Waals surface area contributed by atoms with Crippen LogP contribution in [0, 0.1) is 11.3 Å². The van der Waals surface area contributed by atoms with E-state index in [-0.39, 0.29) is 0 Å². The molecule has 0 aliphatic carbocycles. The van der Waals surface area contributed by atoms with Gasteiger partial charge in [-0.3, -0.25) is 0 Å². The highest BCUT2D eigenvalue weighted by Gasteiger charge is 2.22. The number of anilines is 1. The minimum absolute atomic E-state index is 0.405. The summed E-state index contributed by atoms with van der Waals surface area (Å²) in [5, 5.41) is 12.8. The maximum atomic E-state index is 9.17. The summed E-state index contributed by atoms with van der Waals surface area (Å²) < 4.78 is 0. The summed E-state index contributed by atoms with van der Waals surface area (Å²) in [6.45, 7) is 2.65.